The third-order valence-electron chi connectivity index (χ3n) is 3.02. The second-order valence-electron chi connectivity index (χ2n) is 4.67. The van der Waals surface area contributed by atoms with E-state index in [9.17, 15) is 14.9 Å². The van der Waals surface area contributed by atoms with E-state index in [0.29, 0.717) is 15.7 Å². The molecule has 0 aromatic heterocycles. The quantitative estimate of drug-likeness (QED) is 0.348. The fourth-order valence-electron chi connectivity index (χ4n) is 1.83. The van der Waals surface area contributed by atoms with Gasteiger partial charge in [-0.25, -0.2) is 0 Å². The van der Waals surface area contributed by atoms with Gasteiger partial charge in [-0.2, -0.15) is 5.26 Å². The Morgan fingerprint density at radius 1 is 1.20 bits per heavy atom. The summed E-state index contributed by atoms with van der Waals surface area (Å²) in [6.45, 7) is 0. The maximum Gasteiger partial charge on any atom is 0.292 e. The van der Waals surface area contributed by atoms with Gasteiger partial charge in [-0.05, 0) is 24.3 Å². The lowest BCUT2D eigenvalue weighted by Crippen LogP contribution is -2.15. The number of nitro benzene ring substituents is 1. The number of hydrogen-bond acceptors (Lipinski definition) is 5. The molecule has 2 rings (SSSR count). The largest absolute Gasteiger partial charge is 0.359 e. The van der Waals surface area contributed by atoms with Crippen molar-refractivity contribution in [3.05, 3.63) is 74.4 Å². The van der Waals surface area contributed by atoms with Crippen LogP contribution in [0.1, 0.15) is 0 Å². The van der Waals surface area contributed by atoms with E-state index in [1.165, 1.54) is 30.3 Å². The summed E-state index contributed by atoms with van der Waals surface area (Å²) in [4.78, 5) is 22.5. The predicted molar refractivity (Wildman–Crippen MR) is 95.5 cm³/mol. The van der Waals surface area contributed by atoms with Crippen LogP contribution >= 0.6 is 23.2 Å². The Balaban J connectivity index is 2.19. The van der Waals surface area contributed by atoms with Crippen molar-refractivity contribution >= 4 is 46.2 Å². The molecule has 0 atom stereocenters. The monoisotopic (exact) mass is 376 g/mol. The van der Waals surface area contributed by atoms with Gasteiger partial charge in [0.25, 0.3) is 11.6 Å². The zero-order chi connectivity index (χ0) is 18.4. The van der Waals surface area contributed by atoms with Gasteiger partial charge < -0.3 is 10.6 Å². The van der Waals surface area contributed by atoms with E-state index in [1.54, 1.807) is 18.2 Å². The van der Waals surface area contributed by atoms with Crippen LogP contribution in [0.3, 0.4) is 0 Å². The number of amides is 1. The average molecular weight is 377 g/mol. The number of para-hydroxylation sites is 2. The van der Waals surface area contributed by atoms with Crippen LogP contribution in [0.4, 0.5) is 17.1 Å². The summed E-state index contributed by atoms with van der Waals surface area (Å²) in [6.07, 6.45) is 1.15. The molecule has 2 aromatic carbocycles. The number of hydrogen-bond donors (Lipinski definition) is 2. The third kappa shape index (κ3) is 4.70. The van der Waals surface area contributed by atoms with Crippen LogP contribution < -0.4 is 10.6 Å². The summed E-state index contributed by atoms with van der Waals surface area (Å²) in [5.74, 6) is -0.797. The van der Waals surface area contributed by atoms with Crippen LogP contribution in [0.5, 0.6) is 0 Å². The van der Waals surface area contributed by atoms with Crippen molar-refractivity contribution in [1.82, 2.24) is 0 Å². The molecule has 2 aromatic rings. The first-order valence-electron chi connectivity index (χ1n) is 6.79. The second-order valence-corrected chi connectivity index (χ2v) is 5.51. The minimum absolute atomic E-state index is 0.0109. The zero-order valence-electron chi connectivity index (χ0n) is 12.5. The molecule has 0 aliphatic carbocycles. The van der Waals surface area contributed by atoms with E-state index >= 15 is 0 Å². The summed E-state index contributed by atoms with van der Waals surface area (Å²) < 4.78 is 0. The molecule has 0 unspecified atom stereocenters. The van der Waals surface area contributed by atoms with Crippen molar-refractivity contribution in [2.45, 2.75) is 0 Å². The van der Waals surface area contributed by atoms with Gasteiger partial charge in [0.05, 0.1) is 15.6 Å². The highest BCUT2D eigenvalue weighted by atomic mass is 35.5. The van der Waals surface area contributed by atoms with Gasteiger partial charge in [-0.1, -0.05) is 35.3 Å². The van der Waals surface area contributed by atoms with Crippen LogP contribution in [0.2, 0.25) is 10.0 Å². The topological polar surface area (TPSA) is 108 Å². The number of carbonyl (C=O) groups excluding carboxylic acids is 1. The minimum atomic E-state index is -0.797. The number of rotatable bonds is 5. The normalized spacial score (nSPS) is 10.7. The zero-order valence-corrected chi connectivity index (χ0v) is 14.0. The fraction of sp³-hybridized carbons (Fsp3) is 0. The Morgan fingerprint density at radius 3 is 2.56 bits per heavy atom. The summed E-state index contributed by atoms with van der Waals surface area (Å²) in [5.41, 5.74) is -0.133. The SMILES string of the molecule is N#C/C(=C/Nc1ccc(Cl)cc1Cl)C(=O)Nc1ccccc1[N+](=O)[O-]. The fourth-order valence-corrected chi connectivity index (χ4v) is 2.30. The smallest absolute Gasteiger partial charge is 0.292 e. The Bertz CT molecular complexity index is 906. The molecule has 0 saturated heterocycles. The highest BCUT2D eigenvalue weighted by Crippen LogP contribution is 2.26. The standard InChI is InChI=1S/C16H10Cl2N4O3/c17-11-5-6-13(12(18)7-11)20-9-10(8-19)16(23)21-14-3-1-2-4-15(14)22(24)25/h1-7,9,20H,(H,21,23)/b10-9-. The summed E-state index contributed by atoms with van der Waals surface area (Å²) in [5, 5.41) is 25.9. The molecule has 1 amide bonds. The number of carbonyl (C=O) groups is 1. The summed E-state index contributed by atoms with van der Waals surface area (Å²) >= 11 is 11.8. The van der Waals surface area contributed by atoms with Gasteiger partial charge in [0.1, 0.15) is 17.3 Å². The number of benzene rings is 2. The van der Waals surface area contributed by atoms with E-state index in [-0.39, 0.29) is 16.9 Å². The van der Waals surface area contributed by atoms with Crippen LogP contribution in [-0.2, 0) is 4.79 Å². The highest BCUT2D eigenvalue weighted by molar-refractivity contribution is 6.36. The lowest BCUT2D eigenvalue weighted by atomic mass is 10.2. The van der Waals surface area contributed by atoms with Crippen molar-refractivity contribution in [2.24, 2.45) is 0 Å². The first kappa shape index (κ1) is 18.3. The maximum absolute atomic E-state index is 12.2. The van der Waals surface area contributed by atoms with Gasteiger partial charge in [0.15, 0.2) is 0 Å². The van der Waals surface area contributed by atoms with E-state index in [2.05, 4.69) is 10.6 Å². The van der Waals surface area contributed by atoms with Crippen LogP contribution in [-0.4, -0.2) is 10.8 Å². The summed E-state index contributed by atoms with van der Waals surface area (Å²) in [6, 6.07) is 12.0. The lowest BCUT2D eigenvalue weighted by Gasteiger charge is -2.07. The number of nitro groups is 1. The van der Waals surface area contributed by atoms with Gasteiger partial charge in [0, 0.05) is 17.3 Å². The van der Waals surface area contributed by atoms with Crippen LogP contribution in [0.15, 0.2) is 54.2 Å². The number of nitrogens with one attached hydrogen (secondary N) is 2. The average Bonchev–Trinajstić information content (AvgIpc) is 2.57. The van der Waals surface area contributed by atoms with Gasteiger partial charge in [-0.3, -0.25) is 14.9 Å². The van der Waals surface area contributed by atoms with Gasteiger partial charge in [-0.15, -0.1) is 0 Å². The molecule has 0 radical (unpaired) electrons. The van der Waals surface area contributed by atoms with Crippen LogP contribution in [0, 0.1) is 21.4 Å². The molecule has 7 nitrogen and oxygen atoms in total. The van der Waals surface area contributed by atoms with Crippen molar-refractivity contribution < 1.29 is 9.72 Å². The van der Waals surface area contributed by atoms with Crippen molar-refractivity contribution in [3.8, 4) is 6.07 Å². The minimum Gasteiger partial charge on any atom is -0.359 e. The predicted octanol–water partition coefficient (Wildman–Crippen LogP) is 4.36. The van der Waals surface area contributed by atoms with E-state index in [0.717, 1.165) is 6.20 Å². The van der Waals surface area contributed by atoms with E-state index < -0.39 is 10.8 Å². The molecule has 0 aliphatic rings. The number of halogens is 2. The molecule has 0 spiro atoms. The Kier molecular flexibility index (Phi) is 5.95. The first-order valence-corrected chi connectivity index (χ1v) is 7.54. The molecule has 9 heteroatoms. The van der Waals surface area contributed by atoms with Crippen molar-refractivity contribution in [2.75, 3.05) is 10.6 Å². The Labute approximate surface area is 152 Å². The second kappa shape index (κ2) is 8.15. The molecular weight excluding hydrogens is 367 g/mol. The number of nitriles is 1. The van der Waals surface area contributed by atoms with Crippen molar-refractivity contribution in [1.29, 1.82) is 5.26 Å². The molecular formula is C16H10Cl2N4O3. The summed E-state index contributed by atoms with van der Waals surface area (Å²) in [7, 11) is 0. The Morgan fingerprint density at radius 2 is 1.92 bits per heavy atom. The van der Waals surface area contributed by atoms with Gasteiger partial charge >= 0.3 is 0 Å². The van der Waals surface area contributed by atoms with E-state index in [4.69, 9.17) is 28.5 Å². The number of nitrogens with zero attached hydrogens (tertiary/aromatic N) is 2. The van der Waals surface area contributed by atoms with Gasteiger partial charge in [0.2, 0.25) is 0 Å². The molecule has 0 bridgehead atoms. The molecule has 0 heterocycles. The molecule has 2 N–H and O–H groups in total. The van der Waals surface area contributed by atoms with E-state index in [1.807, 2.05) is 0 Å². The molecule has 0 saturated carbocycles. The molecule has 0 fully saturated rings. The lowest BCUT2D eigenvalue weighted by molar-refractivity contribution is -0.383. The first-order chi connectivity index (χ1) is 11.9. The third-order valence-corrected chi connectivity index (χ3v) is 3.56. The molecule has 0 aliphatic heterocycles. The highest BCUT2D eigenvalue weighted by Gasteiger charge is 2.17. The number of anilines is 2. The Hall–Kier alpha value is -3.08. The maximum atomic E-state index is 12.2. The van der Waals surface area contributed by atoms with Crippen molar-refractivity contribution in [3.63, 3.8) is 0 Å². The molecule has 25 heavy (non-hydrogen) atoms. The van der Waals surface area contributed by atoms with Crippen LogP contribution in [0.25, 0.3) is 0 Å². The molecule has 126 valence electrons.